The van der Waals surface area contributed by atoms with E-state index in [1.54, 1.807) is 33.9 Å². The monoisotopic (exact) mass is 529 g/mol. The Balaban J connectivity index is 0.00000420. The first kappa shape index (κ1) is 25.8. The summed E-state index contributed by atoms with van der Waals surface area (Å²) < 4.78 is 51.6. The molecule has 1 aromatic carbocycles. The summed E-state index contributed by atoms with van der Waals surface area (Å²) in [6.07, 6.45) is -3.49. The Bertz CT molecular complexity index is 685. The van der Waals surface area contributed by atoms with Crippen LogP contribution in [0.25, 0.3) is 0 Å². The SMILES string of the molecule is CN=C(NCc1ccc(OC(C)(C)C)cc1C(F)(F)F)N(C)CC1CCOC1.I. The Morgan fingerprint density at radius 1 is 1.31 bits per heavy atom. The number of aliphatic imine (C=N–C) groups is 1. The van der Waals surface area contributed by atoms with Crippen LogP contribution in [0, 0.1) is 5.92 Å². The molecule has 0 amide bonds. The lowest BCUT2D eigenvalue weighted by molar-refractivity contribution is -0.138. The summed E-state index contributed by atoms with van der Waals surface area (Å²) in [5.74, 6) is 1.16. The maximum Gasteiger partial charge on any atom is 0.416 e. The molecule has 2 rings (SSSR count). The van der Waals surface area contributed by atoms with Crippen LogP contribution in [0.3, 0.4) is 0 Å². The molecule has 0 aromatic heterocycles. The van der Waals surface area contributed by atoms with Crippen molar-refractivity contribution in [2.75, 3.05) is 33.9 Å². The summed E-state index contributed by atoms with van der Waals surface area (Å²) in [6, 6.07) is 4.08. The van der Waals surface area contributed by atoms with Crippen molar-refractivity contribution in [1.29, 1.82) is 0 Å². The molecule has 0 bridgehead atoms. The molecule has 29 heavy (non-hydrogen) atoms. The number of rotatable bonds is 5. The average molecular weight is 529 g/mol. The predicted octanol–water partition coefficient (Wildman–Crippen LogP) is 4.54. The summed E-state index contributed by atoms with van der Waals surface area (Å²) in [5.41, 5.74) is -1.13. The maximum absolute atomic E-state index is 13.6. The fourth-order valence-electron chi connectivity index (χ4n) is 3.15. The third-order valence-electron chi connectivity index (χ3n) is 4.38. The van der Waals surface area contributed by atoms with Gasteiger partial charge in [-0.15, -0.1) is 24.0 Å². The molecule has 1 aromatic rings. The van der Waals surface area contributed by atoms with Crippen LogP contribution in [0.2, 0.25) is 0 Å². The van der Waals surface area contributed by atoms with Crippen molar-refractivity contribution >= 4 is 29.9 Å². The molecular formula is C20H31F3IN3O2. The second-order valence-corrected chi connectivity index (χ2v) is 8.04. The Hall–Kier alpha value is -1.23. The van der Waals surface area contributed by atoms with Crippen molar-refractivity contribution < 1.29 is 22.6 Å². The lowest BCUT2D eigenvalue weighted by Crippen LogP contribution is -2.41. The van der Waals surface area contributed by atoms with E-state index in [1.807, 2.05) is 11.9 Å². The molecule has 1 unspecified atom stereocenters. The van der Waals surface area contributed by atoms with E-state index in [2.05, 4.69) is 10.3 Å². The molecule has 0 saturated carbocycles. The van der Waals surface area contributed by atoms with E-state index in [-0.39, 0.29) is 41.8 Å². The number of alkyl halides is 3. The minimum absolute atomic E-state index is 0. The molecule has 166 valence electrons. The van der Waals surface area contributed by atoms with Gasteiger partial charge in [-0.3, -0.25) is 4.99 Å². The Morgan fingerprint density at radius 2 is 2.00 bits per heavy atom. The van der Waals surface area contributed by atoms with Crippen molar-refractivity contribution in [3.8, 4) is 5.75 Å². The van der Waals surface area contributed by atoms with Gasteiger partial charge < -0.3 is 19.7 Å². The van der Waals surface area contributed by atoms with Gasteiger partial charge in [-0.2, -0.15) is 13.2 Å². The average Bonchev–Trinajstić information content (AvgIpc) is 3.07. The molecule has 1 atom stereocenters. The van der Waals surface area contributed by atoms with Gasteiger partial charge in [0.15, 0.2) is 5.96 Å². The van der Waals surface area contributed by atoms with Gasteiger partial charge in [0.05, 0.1) is 12.2 Å². The molecule has 1 aliphatic heterocycles. The van der Waals surface area contributed by atoms with Crippen LogP contribution in [-0.2, 0) is 17.5 Å². The molecule has 1 heterocycles. The van der Waals surface area contributed by atoms with Crippen molar-refractivity contribution in [3.05, 3.63) is 29.3 Å². The number of hydrogen-bond donors (Lipinski definition) is 1. The molecular weight excluding hydrogens is 498 g/mol. The smallest absolute Gasteiger partial charge is 0.416 e. The zero-order valence-corrected chi connectivity index (χ0v) is 19.9. The molecule has 1 fully saturated rings. The van der Waals surface area contributed by atoms with Crippen molar-refractivity contribution in [2.45, 2.75) is 45.5 Å². The molecule has 9 heteroatoms. The fraction of sp³-hybridized carbons (Fsp3) is 0.650. The summed E-state index contributed by atoms with van der Waals surface area (Å²) in [4.78, 5) is 6.11. The highest BCUT2D eigenvalue weighted by Gasteiger charge is 2.34. The van der Waals surface area contributed by atoms with E-state index in [0.29, 0.717) is 18.5 Å². The van der Waals surface area contributed by atoms with Gasteiger partial charge in [0.2, 0.25) is 0 Å². The zero-order chi connectivity index (χ0) is 20.9. The van der Waals surface area contributed by atoms with Crippen molar-refractivity contribution in [1.82, 2.24) is 10.2 Å². The second kappa shape index (κ2) is 10.7. The van der Waals surface area contributed by atoms with E-state index >= 15 is 0 Å². The predicted molar refractivity (Wildman–Crippen MR) is 119 cm³/mol. The number of ether oxygens (including phenoxy) is 2. The van der Waals surface area contributed by atoms with Crippen LogP contribution < -0.4 is 10.1 Å². The minimum Gasteiger partial charge on any atom is -0.488 e. The Morgan fingerprint density at radius 3 is 2.52 bits per heavy atom. The number of hydrogen-bond acceptors (Lipinski definition) is 3. The molecule has 0 spiro atoms. The Kier molecular flexibility index (Phi) is 9.52. The first-order chi connectivity index (χ1) is 13.0. The van der Waals surface area contributed by atoms with Gasteiger partial charge >= 0.3 is 6.18 Å². The number of benzene rings is 1. The zero-order valence-electron chi connectivity index (χ0n) is 17.6. The lowest BCUT2D eigenvalue weighted by atomic mass is 10.1. The van der Waals surface area contributed by atoms with Gasteiger partial charge in [-0.1, -0.05) is 6.07 Å². The lowest BCUT2D eigenvalue weighted by Gasteiger charge is -2.25. The molecule has 1 aliphatic rings. The third kappa shape index (κ3) is 8.19. The van der Waals surface area contributed by atoms with Crippen LogP contribution in [0.1, 0.15) is 38.3 Å². The standard InChI is InChI=1S/C20H30F3N3O2.HI/c1-19(2,3)28-16-7-6-15(17(10-16)20(21,22)23)11-25-18(24-4)26(5)12-14-8-9-27-13-14;/h6-7,10,14H,8-9,11-13H2,1-5H3,(H,24,25);1H. The van der Waals surface area contributed by atoms with Crippen LogP contribution in [0.4, 0.5) is 13.2 Å². The van der Waals surface area contributed by atoms with Crippen molar-refractivity contribution in [3.63, 3.8) is 0 Å². The molecule has 0 radical (unpaired) electrons. The highest BCUT2D eigenvalue weighted by molar-refractivity contribution is 14.0. The van der Waals surface area contributed by atoms with Crippen LogP contribution in [0.15, 0.2) is 23.2 Å². The van der Waals surface area contributed by atoms with Gasteiger partial charge in [0.25, 0.3) is 0 Å². The van der Waals surface area contributed by atoms with Gasteiger partial charge in [0.1, 0.15) is 11.4 Å². The van der Waals surface area contributed by atoms with Crippen LogP contribution >= 0.6 is 24.0 Å². The van der Waals surface area contributed by atoms with Crippen molar-refractivity contribution in [2.24, 2.45) is 10.9 Å². The summed E-state index contributed by atoms with van der Waals surface area (Å²) in [6.45, 7) is 7.60. The Labute approximate surface area is 188 Å². The number of guanidine groups is 1. The van der Waals surface area contributed by atoms with Gasteiger partial charge in [-0.05, 0) is 44.9 Å². The molecule has 1 N–H and O–H groups in total. The minimum atomic E-state index is -4.47. The topological polar surface area (TPSA) is 46.1 Å². The number of nitrogens with zero attached hydrogens (tertiary/aromatic N) is 2. The normalized spacial score (nSPS) is 17.7. The van der Waals surface area contributed by atoms with E-state index in [9.17, 15) is 13.2 Å². The largest absolute Gasteiger partial charge is 0.488 e. The highest BCUT2D eigenvalue weighted by atomic mass is 127. The van der Waals surface area contributed by atoms with E-state index in [1.165, 1.54) is 6.07 Å². The summed E-state index contributed by atoms with van der Waals surface area (Å²) >= 11 is 0. The summed E-state index contributed by atoms with van der Waals surface area (Å²) in [5, 5.41) is 3.03. The quantitative estimate of drug-likeness (QED) is 0.346. The molecule has 5 nitrogen and oxygen atoms in total. The summed E-state index contributed by atoms with van der Waals surface area (Å²) in [7, 11) is 3.49. The highest BCUT2D eigenvalue weighted by Crippen LogP contribution is 2.35. The second-order valence-electron chi connectivity index (χ2n) is 8.04. The fourth-order valence-corrected chi connectivity index (χ4v) is 3.15. The van der Waals surface area contributed by atoms with Gasteiger partial charge in [-0.25, -0.2) is 0 Å². The number of halogens is 4. The van der Waals surface area contributed by atoms with E-state index in [0.717, 1.165) is 25.6 Å². The maximum atomic E-state index is 13.6. The van der Waals surface area contributed by atoms with Crippen LogP contribution in [-0.4, -0.2) is 50.3 Å². The molecule has 1 saturated heterocycles. The van der Waals surface area contributed by atoms with Gasteiger partial charge in [0, 0.05) is 39.7 Å². The number of nitrogens with one attached hydrogen (secondary N) is 1. The van der Waals surface area contributed by atoms with E-state index < -0.39 is 17.3 Å². The molecule has 0 aliphatic carbocycles. The third-order valence-corrected chi connectivity index (χ3v) is 4.38. The first-order valence-corrected chi connectivity index (χ1v) is 9.38. The van der Waals surface area contributed by atoms with E-state index in [4.69, 9.17) is 9.47 Å². The first-order valence-electron chi connectivity index (χ1n) is 9.38. The van der Waals surface area contributed by atoms with Crippen LogP contribution in [0.5, 0.6) is 5.75 Å².